The molecule has 0 saturated carbocycles. The van der Waals surface area contributed by atoms with Crippen LogP contribution in [0, 0.1) is 5.92 Å². The number of hydrogen-bond acceptors (Lipinski definition) is 1. The molecule has 3 aliphatic heterocycles. The molecule has 19 heavy (non-hydrogen) atoms. The third kappa shape index (κ3) is 3.14. The minimum Gasteiger partial charge on any atom is -0.390 e. The Balaban J connectivity index is 1.60. The van der Waals surface area contributed by atoms with E-state index in [0.29, 0.717) is 12.6 Å². The fourth-order valence-electron chi connectivity index (χ4n) is 5.00. The van der Waals surface area contributed by atoms with Crippen molar-refractivity contribution >= 4 is 0 Å². The minimum absolute atomic E-state index is 0.406. The standard InChI is InChI=1S/C16H30N2O/c19-13-15-7-1-3-10-18(15)12-14-6-5-11-17-9-4-2-8-16(14)17/h14-16,19H,1-13H2/p+2/t14-,15-,16-/m1/s1. The number of hydrogen-bond donors (Lipinski definition) is 3. The summed E-state index contributed by atoms with van der Waals surface area (Å²) in [5, 5.41) is 9.60. The van der Waals surface area contributed by atoms with Crippen molar-refractivity contribution in [3.63, 3.8) is 0 Å². The third-order valence-corrected chi connectivity index (χ3v) is 6.05. The second kappa shape index (κ2) is 6.55. The van der Waals surface area contributed by atoms with Gasteiger partial charge in [0.1, 0.15) is 6.04 Å². The van der Waals surface area contributed by atoms with E-state index in [-0.39, 0.29) is 0 Å². The first-order valence-electron chi connectivity index (χ1n) is 8.68. The molecule has 0 aromatic rings. The van der Waals surface area contributed by atoms with E-state index in [1.165, 1.54) is 77.5 Å². The van der Waals surface area contributed by atoms with E-state index in [1.54, 1.807) is 4.90 Å². The van der Waals surface area contributed by atoms with Crippen molar-refractivity contribution in [2.24, 2.45) is 5.92 Å². The molecule has 0 bridgehead atoms. The second-order valence-electron chi connectivity index (χ2n) is 7.15. The SMILES string of the molecule is OC[C@H]1CCCC[NH+]1C[C@H]1CCC[NH+]2CCCC[C@H]12. The molecule has 3 rings (SSSR count). The summed E-state index contributed by atoms with van der Waals surface area (Å²) in [6, 6.07) is 1.50. The van der Waals surface area contributed by atoms with Gasteiger partial charge in [0.2, 0.25) is 0 Å². The largest absolute Gasteiger partial charge is 0.390 e. The molecule has 0 radical (unpaired) electrons. The van der Waals surface area contributed by atoms with E-state index >= 15 is 0 Å². The Morgan fingerprint density at radius 3 is 2.53 bits per heavy atom. The van der Waals surface area contributed by atoms with Crippen LogP contribution in [-0.4, -0.2) is 50.0 Å². The summed E-state index contributed by atoms with van der Waals surface area (Å²) in [6.07, 6.45) is 11.2. The van der Waals surface area contributed by atoms with Gasteiger partial charge in [0, 0.05) is 12.8 Å². The minimum atomic E-state index is 0.406. The van der Waals surface area contributed by atoms with Crippen LogP contribution >= 0.6 is 0 Å². The van der Waals surface area contributed by atoms with E-state index in [4.69, 9.17) is 0 Å². The van der Waals surface area contributed by atoms with Gasteiger partial charge < -0.3 is 14.9 Å². The van der Waals surface area contributed by atoms with Gasteiger partial charge in [-0.2, -0.15) is 0 Å². The highest BCUT2D eigenvalue weighted by atomic mass is 16.3. The molecule has 0 amide bonds. The number of piperidine rings is 3. The van der Waals surface area contributed by atoms with Crippen LogP contribution in [0.3, 0.4) is 0 Å². The summed E-state index contributed by atoms with van der Waals surface area (Å²) in [4.78, 5) is 3.64. The fourth-order valence-corrected chi connectivity index (χ4v) is 5.00. The predicted octanol–water partition coefficient (Wildman–Crippen LogP) is -0.736. The van der Waals surface area contributed by atoms with Crippen molar-refractivity contribution in [2.75, 3.05) is 32.8 Å². The van der Waals surface area contributed by atoms with Gasteiger partial charge in [-0.15, -0.1) is 0 Å². The second-order valence-corrected chi connectivity index (χ2v) is 7.15. The number of fused-ring (bicyclic) bond motifs is 1. The van der Waals surface area contributed by atoms with Crippen LogP contribution in [0.1, 0.15) is 51.4 Å². The molecule has 110 valence electrons. The number of likely N-dealkylation sites (tertiary alicyclic amines) is 1. The van der Waals surface area contributed by atoms with Gasteiger partial charge in [0.15, 0.2) is 0 Å². The van der Waals surface area contributed by atoms with E-state index in [2.05, 4.69) is 0 Å². The molecule has 0 aliphatic carbocycles. The zero-order valence-corrected chi connectivity index (χ0v) is 12.4. The summed E-state index contributed by atoms with van der Waals surface area (Å²) >= 11 is 0. The highest BCUT2D eigenvalue weighted by molar-refractivity contribution is 4.76. The first-order chi connectivity index (χ1) is 9.38. The number of nitrogens with one attached hydrogen (secondary N) is 2. The summed E-state index contributed by atoms with van der Waals surface area (Å²) in [7, 11) is 0. The Morgan fingerprint density at radius 2 is 1.63 bits per heavy atom. The van der Waals surface area contributed by atoms with Crippen molar-refractivity contribution in [3.8, 4) is 0 Å². The predicted molar refractivity (Wildman–Crippen MR) is 76.5 cm³/mol. The van der Waals surface area contributed by atoms with Gasteiger partial charge in [0.25, 0.3) is 0 Å². The highest BCUT2D eigenvalue weighted by Gasteiger charge is 2.40. The molecule has 5 atom stereocenters. The number of aliphatic hydroxyl groups excluding tert-OH is 1. The molecule has 3 saturated heterocycles. The molecule has 3 aliphatic rings. The lowest BCUT2D eigenvalue weighted by Crippen LogP contribution is -3.21. The van der Waals surface area contributed by atoms with E-state index in [0.717, 1.165) is 12.0 Å². The lowest BCUT2D eigenvalue weighted by molar-refractivity contribution is -0.962. The maximum Gasteiger partial charge on any atom is 0.111 e. The molecular formula is C16H32N2O+2. The first kappa shape index (κ1) is 13.8. The maximum absolute atomic E-state index is 9.60. The summed E-state index contributed by atoms with van der Waals surface area (Å²) in [5.41, 5.74) is 0. The fraction of sp³-hybridized carbons (Fsp3) is 1.00. The molecule has 0 aromatic heterocycles. The van der Waals surface area contributed by atoms with Gasteiger partial charge in [-0.3, -0.25) is 0 Å². The number of quaternary nitrogens is 2. The summed E-state index contributed by atoms with van der Waals surface area (Å²) < 4.78 is 0. The Labute approximate surface area is 118 Å². The summed E-state index contributed by atoms with van der Waals surface area (Å²) in [6.45, 7) is 5.92. The van der Waals surface area contributed by atoms with Crippen LogP contribution in [0.25, 0.3) is 0 Å². The quantitative estimate of drug-likeness (QED) is 0.619. The molecule has 3 N–H and O–H groups in total. The van der Waals surface area contributed by atoms with Crippen molar-refractivity contribution in [3.05, 3.63) is 0 Å². The Bertz CT molecular complexity index is 282. The van der Waals surface area contributed by atoms with E-state index in [9.17, 15) is 5.11 Å². The van der Waals surface area contributed by atoms with Crippen molar-refractivity contribution in [2.45, 2.75) is 63.5 Å². The molecule has 3 nitrogen and oxygen atoms in total. The topological polar surface area (TPSA) is 29.1 Å². The van der Waals surface area contributed by atoms with Crippen LogP contribution in [0.2, 0.25) is 0 Å². The average molecular weight is 268 g/mol. The molecule has 3 heterocycles. The van der Waals surface area contributed by atoms with Crippen molar-refractivity contribution in [1.29, 1.82) is 0 Å². The molecule has 3 fully saturated rings. The zero-order valence-electron chi connectivity index (χ0n) is 12.4. The molecule has 2 unspecified atom stereocenters. The van der Waals surface area contributed by atoms with Crippen LogP contribution < -0.4 is 9.80 Å². The highest BCUT2D eigenvalue weighted by Crippen LogP contribution is 2.19. The molecular weight excluding hydrogens is 236 g/mol. The normalized spacial score (nSPS) is 43.7. The Kier molecular flexibility index (Phi) is 4.78. The monoisotopic (exact) mass is 268 g/mol. The van der Waals surface area contributed by atoms with Gasteiger partial charge in [0.05, 0.1) is 44.7 Å². The van der Waals surface area contributed by atoms with Crippen molar-refractivity contribution < 1.29 is 14.9 Å². The van der Waals surface area contributed by atoms with Crippen LogP contribution in [0.15, 0.2) is 0 Å². The smallest absolute Gasteiger partial charge is 0.111 e. The third-order valence-electron chi connectivity index (χ3n) is 6.05. The summed E-state index contributed by atoms with van der Waals surface area (Å²) in [5.74, 6) is 0.936. The van der Waals surface area contributed by atoms with Crippen molar-refractivity contribution in [1.82, 2.24) is 0 Å². The van der Waals surface area contributed by atoms with Gasteiger partial charge >= 0.3 is 0 Å². The zero-order chi connectivity index (χ0) is 13.1. The average Bonchev–Trinajstić information content (AvgIpc) is 2.48. The van der Waals surface area contributed by atoms with Gasteiger partial charge in [-0.25, -0.2) is 0 Å². The lowest BCUT2D eigenvalue weighted by Gasteiger charge is -2.43. The van der Waals surface area contributed by atoms with E-state index in [1.807, 2.05) is 4.90 Å². The van der Waals surface area contributed by atoms with Gasteiger partial charge in [-0.1, -0.05) is 0 Å². The van der Waals surface area contributed by atoms with E-state index < -0.39 is 0 Å². The Hall–Kier alpha value is -0.120. The molecule has 0 aromatic carbocycles. The lowest BCUT2D eigenvalue weighted by atomic mass is 9.82. The Morgan fingerprint density at radius 1 is 0.842 bits per heavy atom. The van der Waals surface area contributed by atoms with Crippen LogP contribution in [0.4, 0.5) is 0 Å². The molecule has 3 heteroatoms. The van der Waals surface area contributed by atoms with Crippen LogP contribution in [0.5, 0.6) is 0 Å². The molecule has 0 spiro atoms. The van der Waals surface area contributed by atoms with Crippen LogP contribution in [-0.2, 0) is 0 Å². The van der Waals surface area contributed by atoms with Gasteiger partial charge in [-0.05, 0) is 38.5 Å². The maximum atomic E-state index is 9.60. The number of rotatable bonds is 3. The number of aliphatic hydroxyl groups is 1. The first-order valence-corrected chi connectivity index (χ1v) is 8.68.